The zero-order valence-corrected chi connectivity index (χ0v) is 37.6. The van der Waals surface area contributed by atoms with Crippen LogP contribution in [-0.4, -0.2) is 56.0 Å². The molecule has 0 unspecified atom stereocenters. The molecular weight excluding hydrogens is 833 g/mol. The fraction of sp³-hybridized carbons (Fsp3) is 0.0714. The predicted octanol–water partition coefficient (Wildman–Crippen LogP) is -2.82. The summed E-state index contributed by atoms with van der Waals surface area (Å²) in [5.41, 5.74) is 1.02. The SMILES string of the molecule is COc1cc(N=Nc2cc(S(=O)(=O)[O-])c3cc(S(=O)(=O)[O-])cc(S(=O)(=O)[O-])c3c2)c(C)cc1N=Nc1ccc(Nc2nc(F)nc(F)c2Cl)cc1.[Na+].[Na+].[Na+]. The van der Waals surface area contributed by atoms with Crippen molar-refractivity contribution in [1.29, 1.82) is 0 Å². The van der Waals surface area contributed by atoms with Gasteiger partial charge in [0.2, 0.25) is 5.95 Å². The molecule has 17 nitrogen and oxygen atoms in total. The van der Waals surface area contributed by atoms with Gasteiger partial charge in [0.15, 0.2) is 5.82 Å². The van der Waals surface area contributed by atoms with E-state index in [1.165, 1.54) is 43.5 Å². The van der Waals surface area contributed by atoms with Crippen LogP contribution in [0, 0.1) is 18.9 Å². The summed E-state index contributed by atoms with van der Waals surface area (Å²) in [6, 6.07) is 11.1. The van der Waals surface area contributed by atoms with E-state index in [0.29, 0.717) is 29.1 Å². The Morgan fingerprint density at radius 2 is 1.26 bits per heavy atom. The van der Waals surface area contributed by atoms with E-state index < -0.39 is 78.5 Å². The minimum atomic E-state index is -5.52. The van der Waals surface area contributed by atoms with E-state index >= 15 is 0 Å². The number of halogens is 3. The van der Waals surface area contributed by atoms with Crippen LogP contribution < -0.4 is 98.7 Å². The number of aromatic nitrogens is 2. The van der Waals surface area contributed by atoms with Crippen molar-refractivity contribution >= 4 is 87.0 Å². The van der Waals surface area contributed by atoms with Crippen LogP contribution in [0.5, 0.6) is 5.75 Å². The van der Waals surface area contributed by atoms with Gasteiger partial charge in [-0.05, 0) is 67.1 Å². The molecular formula is C28H17ClF2N7Na3O10S3. The molecule has 54 heavy (non-hydrogen) atoms. The first kappa shape index (κ1) is 48.0. The topological polar surface area (TPSA) is 268 Å². The van der Waals surface area contributed by atoms with E-state index in [1.54, 1.807) is 6.92 Å². The second-order valence-corrected chi connectivity index (χ2v) is 14.6. The van der Waals surface area contributed by atoms with Crippen molar-refractivity contribution in [2.24, 2.45) is 20.5 Å². The summed E-state index contributed by atoms with van der Waals surface area (Å²) in [7, 11) is -15.1. The van der Waals surface area contributed by atoms with Gasteiger partial charge in [-0.2, -0.15) is 34.1 Å². The largest absolute Gasteiger partial charge is 1.00 e. The van der Waals surface area contributed by atoms with Crippen molar-refractivity contribution in [3.8, 4) is 5.75 Å². The van der Waals surface area contributed by atoms with Gasteiger partial charge < -0.3 is 23.7 Å². The number of anilines is 2. The molecule has 0 aliphatic heterocycles. The number of ether oxygens (including phenoxy) is 1. The van der Waals surface area contributed by atoms with Crippen molar-refractivity contribution < 1.29 is 141 Å². The van der Waals surface area contributed by atoms with E-state index in [0.717, 1.165) is 6.07 Å². The summed E-state index contributed by atoms with van der Waals surface area (Å²) in [6.45, 7) is 1.58. The summed E-state index contributed by atoms with van der Waals surface area (Å²) >= 11 is 5.77. The van der Waals surface area contributed by atoms with Crippen LogP contribution in [-0.2, 0) is 30.4 Å². The number of nitrogens with one attached hydrogen (secondary N) is 1. The smallest absolute Gasteiger partial charge is 0.744 e. The molecule has 0 bridgehead atoms. The van der Waals surface area contributed by atoms with E-state index in [-0.39, 0.29) is 118 Å². The molecule has 0 saturated heterocycles. The second kappa shape index (κ2) is 18.9. The minimum Gasteiger partial charge on any atom is -0.744 e. The third-order valence-corrected chi connectivity index (χ3v) is 9.64. The number of methoxy groups -OCH3 is 1. The number of rotatable bonds is 10. The first-order valence-corrected chi connectivity index (χ1v) is 18.1. The number of azo groups is 2. The summed E-state index contributed by atoms with van der Waals surface area (Å²) < 4.78 is 139. The van der Waals surface area contributed by atoms with E-state index in [4.69, 9.17) is 16.3 Å². The molecule has 1 heterocycles. The summed E-state index contributed by atoms with van der Waals surface area (Å²) in [4.78, 5) is 2.59. The molecule has 0 aliphatic carbocycles. The predicted molar refractivity (Wildman–Crippen MR) is 171 cm³/mol. The summed E-state index contributed by atoms with van der Waals surface area (Å²) in [6.07, 6.45) is -1.32. The second-order valence-electron chi connectivity index (χ2n) is 10.2. The molecule has 0 fully saturated rings. The Bertz CT molecular complexity index is 2650. The molecule has 5 aromatic rings. The van der Waals surface area contributed by atoms with Gasteiger partial charge in [-0.1, -0.05) is 11.6 Å². The van der Waals surface area contributed by atoms with Gasteiger partial charge in [0.25, 0.3) is 0 Å². The molecule has 0 atom stereocenters. The number of aryl methyl sites for hydroxylation is 1. The molecule has 266 valence electrons. The normalized spacial score (nSPS) is 11.9. The van der Waals surface area contributed by atoms with Crippen LogP contribution in [0.25, 0.3) is 10.8 Å². The Morgan fingerprint density at radius 3 is 1.83 bits per heavy atom. The Kier molecular flexibility index (Phi) is 16.8. The number of hydrogen-bond donors (Lipinski definition) is 1. The summed E-state index contributed by atoms with van der Waals surface area (Å²) in [5.74, 6) is -1.40. The van der Waals surface area contributed by atoms with Gasteiger partial charge in [0.05, 0.1) is 38.9 Å². The molecule has 5 rings (SSSR count). The van der Waals surface area contributed by atoms with Crippen LogP contribution in [0.1, 0.15) is 5.56 Å². The molecule has 0 amide bonds. The molecule has 26 heteroatoms. The maximum absolute atomic E-state index is 13.6. The molecule has 0 saturated carbocycles. The fourth-order valence-electron chi connectivity index (χ4n) is 4.43. The van der Waals surface area contributed by atoms with Crippen LogP contribution in [0.15, 0.2) is 95.8 Å². The van der Waals surface area contributed by atoms with Gasteiger partial charge in [0, 0.05) is 22.5 Å². The third-order valence-electron chi connectivity index (χ3n) is 6.74. The van der Waals surface area contributed by atoms with Gasteiger partial charge in [-0.15, -0.1) is 5.11 Å². The standard InChI is InChI=1S/C28H20ClF2N7O10S3.3Na/c1-13-7-21(38-35-15-5-3-14(4-6-15)32-27-25(29)26(30)33-28(31)34-27)22(48-2)12-20(13)37-36-16-8-18-19(23(9-16)50(42,43)44)10-17(49(39,40)41)11-24(18)51(45,46)47;;;/h3-12H,1-2H3,(H,32,33,34)(H,39,40,41)(H,42,43,44)(H,45,46,47);;;/q;3*+1/p-3. The Morgan fingerprint density at radius 1 is 0.704 bits per heavy atom. The van der Waals surface area contributed by atoms with Crippen LogP contribution >= 0.6 is 11.6 Å². The van der Waals surface area contributed by atoms with Gasteiger partial charge in [-0.3, -0.25) is 0 Å². The molecule has 4 aromatic carbocycles. The first-order valence-electron chi connectivity index (χ1n) is 13.5. The molecule has 0 aliphatic rings. The monoisotopic (exact) mass is 849 g/mol. The summed E-state index contributed by atoms with van der Waals surface area (Å²) in [5, 5.41) is 16.8. The number of fused-ring (bicyclic) bond motifs is 1. The van der Waals surface area contributed by atoms with Crippen LogP contribution in [0.4, 0.5) is 43.0 Å². The first-order chi connectivity index (χ1) is 23.7. The maximum Gasteiger partial charge on any atom is 1.00 e. The maximum atomic E-state index is 13.6. The number of nitrogens with zero attached hydrogens (tertiary/aromatic N) is 6. The van der Waals surface area contributed by atoms with E-state index in [2.05, 4.69) is 35.7 Å². The van der Waals surface area contributed by atoms with Gasteiger partial charge in [0.1, 0.15) is 46.8 Å². The zero-order chi connectivity index (χ0) is 37.5. The van der Waals surface area contributed by atoms with Crippen molar-refractivity contribution in [3.63, 3.8) is 0 Å². The molecule has 1 aromatic heterocycles. The number of benzene rings is 4. The van der Waals surface area contributed by atoms with Crippen molar-refractivity contribution in [3.05, 3.63) is 83.3 Å². The third kappa shape index (κ3) is 11.5. The molecule has 0 spiro atoms. The number of hydrogen-bond acceptors (Lipinski definition) is 17. The van der Waals surface area contributed by atoms with Crippen molar-refractivity contribution in [1.82, 2.24) is 9.97 Å². The van der Waals surface area contributed by atoms with E-state index in [1.807, 2.05) is 0 Å². The average Bonchev–Trinajstić information content (AvgIpc) is 3.03. The van der Waals surface area contributed by atoms with Crippen LogP contribution in [0.2, 0.25) is 5.02 Å². The Labute approximate surface area is 377 Å². The van der Waals surface area contributed by atoms with Crippen LogP contribution in [0.3, 0.4) is 0 Å². The quantitative estimate of drug-likeness (QED) is 0.0489. The average molecular weight is 850 g/mol. The zero-order valence-electron chi connectivity index (χ0n) is 28.4. The fourth-order valence-corrected chi connectivity index (χ4v) is 6.57. The Balaban J connectivity index is 0.00000336. The van der Waals surface area contributed by atoms with Gasteiger partial charge in [-0.25, -0.2) is 25.3 Å². The van der Waals surface area contributed by atoms with Crippen molar-refractivity contribution in [2.45, 2.75) is 21.6 Å². The molecule has 1 N–H and O–H groups in total. The molecule has 0 radical (unpaired) electrons. The van der Waals surface area contributed by atoms with E-state index in [9.17, 15) is 47.7 Å². The Hall–Kier alpha value is -2.10. The van der Waals surface area contributed by atoms with Gasteiger partial charge >= 0.3 is 94.8 Å². The van der Waals surface area contributed by atoms with Crippen molar-refractivity contribution in [2.75, 3.05) is 12.4 Å². The minimum absolute atomic E-state index is 0.